The second-order valence-electron chi connectivity index (χ2n) is 9.19. The van der Waals surface area contributed by atoms with Gasteiger partial charge in [-0.1, -0.05) is 18.0 Å². The molecule has 1 amide bonds. The van der Waals surface area contributed by atoms with E-state index in [1.807, 2.05) is 0 Å². The van der Waals surface area contributed by atoms with Gasteiger partial charge in [0.15, 0.2) is 0 Å². The number of ketones is 1. The molecule has 4 aliphatic rings. The van der Waals surface area contributed by atoms with Crippen LogP contribution in [0, 0.1) is 5.92 Å². The molecule has 156 valence electrons. The zero-order chi connectivity index (χ0) is 20.3. The molecule has 5 rings (SSSR count). The fourth-order valence-electron chi connectivity index (χ4n) is 5.87. The van der Waals surface area contributed by atoms with Crippen LogP contribution >= 0.6 is 11.6 Å². The zero-order valence-corrected chi connectivity index (χ0v) is 17.5. The van der Waals surface area contributed by atoms with Crippen molar-refractivity contribution in [3.63, 3.8) is 0 Å². The quantitative estimate of drug-likeness (QED) is 0.716. The van der Waals surface area contributed by atoms with Crippen molar-refractivity contribution in [3.05, 3.63) is 16.7 Å². The maximum atomic E-state index is 13.2. The summed E-state index contributed by atoms with van der Waals surface area (Å²) < 4.78 is 6.27. The number of amides is 1. The minimum Gasteiger partial charge on any atom is -0.487 e. The van der Waals surface area contributed by atoms with Crippen LogP contribution in [0.4, 0.5) is 11.4 Å². The van der Waals surface area contributed by atoms with Crippen LogP contribution in [0.25, 0.3) is 0 Å². The van der Waals surface area contributed by atoms with Crippen LogP contribution in [0.2, 0.25) is 5.02 Å². The first-order chi connectivity index (χ1) is 13.9. The van der Waals surface area contributed by atoms with E-state index in [0.29, 0.717) is 53.6 Å². The number of fused-ring (bicyclic) bond motifs is 5. The predicted octanol–water partition coefficient (Wildman–Crippen LogP) is 3.72. The Balaban J connectivity index is 1.39. The van der Waals surface area contributed by atoms with Crippen molar-refractivity contribution in [1.29, 1.82) is 0 Å². The van der Waals surface area contributed by atoms with Crippen LogP contribution in [0.15, 0.2) is 6.07 Å². The molecule has 3 aliphatic heterocycles. The molecule has 1 aromatic rings. The molecule has 3 fully saturated rings. The lowest BCUT2D eigenvalue weighted by Crippen LogP contribution is -2.54. The Hall–Kier alpha value is -1.79. The summed E-state index contributed by atoms with van der Waals surface area (Å²) in [5, 5.41) is 3.57. The molecule has 3 heterocycles. The molecule has 6 nitrogen and oxygen atoms in total. The van der Waals surface area contributed by atoms with Crippen molar-refractivity contribution >= 4 is 34.7 Å². The first kappa shape index (κ1) is 19.2. The van der Waals surface area contributed by atoms with Crippen molar-refractivity contribution in [2.24, 2.45) is 5.92 Å². The van der Waals surface area contributed by atoms with Gasteiger partial charge < -0.3 is 15.8 Å². The number of rotatable bonds is 2. The number of carbonyl (C=O) groups excluding carboxylic acids is 2. The molecule has 0 radical (unpaired) electrons. The third-order valence-corrected chi connectivity index (χ3v) is 7.78. The topological polar surface area (TPSA) is 84.7 Å². The predicted molar refractivity (Wildman–Crippen MR) is 112 cm³/mol. The Kier molecular flexibility index (Phi) is 4.74. The third-order valence-electron chi connectivity index (χ3n) is 7.47. The van der Waals surface area contributed by atoms with Crippen molar-refractivity contribution < 1.29 is 14.3 Å². The van der Waals surface area contributed by atoms with Crippen LogP contribution in [0.1, 0.15) is 62.8 Å². The second-order valence-corrected chi connectivity index (χ2v) is 9.59. The number of nitrogens with one attached hydrogen (secondary N) is 1. The summed E-state index contributed by atoms with van der Waals surface area (Å²) >= 11 is 6.44. The first-order valence-electron chi connectivity index (χ1n) is 10.8. The number of ether oxygens (including phenoxy) is 1. The van der Waals surface area contributed by atoms with E-state index in [-0.39, 0.29) is 35.9 Å². The Morgan fingerprint density at radius 2 is 1.93 bits per heavy atom. The summed E-state index contributed by atoms with van der Waals surface area (Å²) in [5.41, 5.74) is 8.51. The van der Waals surface area contributed by atoms with Crippen molar-refractivity contribution in [2.45, 2.75) is 75.5 Å². The number of benzene rings is 1. The van der Waals surface area contributed by atoms with Gasteiger partial charge in [0.1, 0.15) is 17.6 Å². The number of anilines is 2. The molecule has 3 N–H and O–H groups in total. The lowest BCUT2D eigenvalue weighted by atomic mass is 9.78. The third kappa shape index (κ3) is 3.21. The van der Waals surface area contributed by atoms with Gasteiger partial charge >= 0.3 is 0 Å². The van der Waals surface area contributed by atoms with E-state index < -0.39 is 0 Å². The molecular weight excluding hydrogens is 390 g/mol. The highest BCUT2D eigenvalue weighted by atomic mass is 35.5. The lowest BCUT2D eigenvalue weighted by Gasteiger charge is -2.45. The zero-order valence-electron chi connectivity index (χ0n) is 16.7. The van der Waals surface area contributed by atoms with E-state index in [9.17, 15) is 9.59 Å². The molecule has 2 bridgehead atoms. The van der Waals surface area contributed by atoms with Crippen LogP contribution < -0.4 is 15.8 Å². The standard InChI is InChI=1S/C22H28ClN3O3/c1-26-12-6-11(7-13(26)9-14(27)8-12)22(28)25-17-10-16(23)20(24)19-15-4-2-3-5-18(15)29-21(17)19/h10-13,15,18H,2-9,24H2,1H3,(H,25,28). The molecule has 4 atom stereocenters. The molecular formula is C22H28ClN3O3. The maximum Gasteiger partial charge on any atom is 0.227 e. The number of nitrogens with zero attached hydrogens (tertiary/aromatic N) is 1. The summed E-state index contributed by atoms with van der Waals surface area (Å²) in [5.74, 6) is 1.17. The molecule has 7 heteroatoms. The van der Waals surface area contributed by atoms with Gasteiger partial charge in [-0.25, -0.2) is 0 Å². The number of piperidine rings is 2. The number of nitrogens with two attached hydrogens (primary N) is 1. The van der Waals surface area contributed by atoms with Gasteiger partial charge in [0.05, 0.1) is 16.4 Å². The largest absolute Gasteiger partial charge is 0.487 e. The SMILES string of the molecule is CN1C2CC(=O)CC1CC(C(=O)Nc1cc(Cl)c(N)c3c1OC1CCCCC31)C2. The minimum absolute atomic E-state index is 0.0102. The van der Waals surface area contributed by atoms with E-state index in [4.69, 9.17) is 22.1 Å². The normalized spacial score (nSPS) is 33.6. The van der Waals surface area contributed by atoms with Gasteiger partial charge in [-0.05, 0) is 45.2 Å². The Labute approximate surface area is 176 Å². The van der Waals surface area contributed by atoms with Gasteiger partial charge in [-0.3, -0.25) is 14.5 Å². The highest BCUT2D eigenvalue weighted by Crippen LogP contribution is 2.53. The summed E-state index contributed by atoms with van der Waals surface area (Å²) in [7, 11) is 2.07. The first-order valence-corrected chi connectivity index (χ1v) is 11.1. The van der Waals surface area contributed by atoms with Crippen molar-refractivity contribution in [2.75, 3.05) is 18.1 Å². The molecule has 1 aliphatic carbocycles. The smallest absolute Gasteiger partial charge is 0.227 e. The van der Waals surface area contributed by atoms with Crippen LogP contribution in [-0.4, -0.2) is 41.8 Å². The fraction of sp³-hybridized carbons (Fsp3) is 0.636. The van der Waals surface area contributed by atoms with E-state index in [1.54, 1.807) is 6.07 Å². The lowest BCUT2D eigenvalue weighted by molar-refractivity contribution is -0.132. The van der Waals surface area contributed by atoms with Gasteiger partial charge in [-0.2, -0.15) is 0 Å². The van der Waals surface area contributed by atoms with Crippen LogP contribution in [-0.2, 0) is 9.59 Å². The van der Waals surface area contributed by atoms with E-state index in [1.165, 1.54) is 0 Å². The fourth-order valence-corrected chi connectivity index (χ4v) is 6.08. The molecule has 1 saturated carbocycles. The van der Waals surface area contributed by atoms with E-state index >= 15 is 0 Å². The average molecular weight is 418 g/mol. The number of Topliss-reactive ketones (excluding diaryl/α,β-unsaturated/α-hetero) is 1. The molecule has 1 aromatic carbocycles. The second kappa shape index (κ2) is 7.17. The highest BCUT2D eigenvalue weighted by molar-refractivity contribution is 6.33. The Bertz CT molecular complexity index is 855. The van der Waals surface area contributed by atoms with Gasteiger partial charge in [0, 0.05) is 42.3 Å². The highest BCUT2D eigenvalue weighted by Gasteiger charge is 2.43. The summed E-state index contributed by atoms with van der Waals surface area (Å²) in [6.07, 6.45) is 7.01. The van der Waals surface area contributed by atoms with Crippen molar-refractivity contribution in [3.8, 4) is 5.75 Å². The number of nitrogen functional groups attached to an aromatic ring is 1. The number of hydrogen-bond donors (Lipinski definition) is 2. The summed E-state index contributed by atoms with van der Waals surface area (Å²) in [6, 6.07) is 2.04. The van der Waals surface area contributed by atoms with E-state index in [0.717, 1.165) is 31.2 Å². The van der Waals surface area contributed by atoms with E-state index in [2.05, 4.69) is 17.3 Å². The van der Waals surface area contributed by atoms with Gasteiger partial charge in [0.2, 0.25) is 5.91 Å². The maximum absolute atomic E-state index is 13.2. The van der Waals surface area contributed by atoms with Crippen molar-refractivity contribution in [1.82, 2.24) is 4.90 Å². The number of halogens is 1. The number of hydrogen-bond acceptors (Lipinski definition) is 5. The Morgan fingerprint density at radius 1 is 1.24 bits per heavy atom. The summed E-state index contributed by atoms with van der Waals surface area (Å²) in [6.45, 7) is 0. The molecule has 4 unspecified atom stereocenters. The minimum atomic E-state index is -0.107. The Morgan fingerprint density at radius 3 is 2.66 bits per heavy atom. The monoisotopic (exact) mass is 417 g/mol. The average Bonchev–Trinajstić information content (AvgIpc) is 3.07. The molecule has 0 spiro atoms. The van der Waals surface area contributed by atoms with Gasteiger partial charge in [-0.15, -0.1) is 0 Å². The molecule has 29 heavy (non-hydrogen) atoms. The van der Waals surface area contributed by atoms with Crippen LogP contribution in [0.3, 0.4) is 0 Å². The molecule has 0 aromatic heterocycles. The summed E-state index contributed by atoms with van der Waals surface area (Å²) in [4.78, 5) is 27.4. The van der Waals surface area contributed by atoms with Crippen LogP contribution in [0.5, 0.6) is 5.75 Å². The molecule has 2 saturated heterocycles. The number of carbonyl (C=O) groups is 2. The van der Waals surface area contributed by atoms with Gasteiger partial charge in [0.25, 0.3) is 0 Å².